The van der Waals surface area contributed by atoms with Gasteiger partial charge in [0.15, 0.2) is 5.96 Å². The van der Waals surface area contributed by atoms with E-state index >= 15 is 0 Å². The van der Waals surface area contributed by atoms with Crippen molar-refractivity contribution in [2.75, 3.05) is 25.5 Å². The molecule has 1 aromatic rings. The zero-order valence-corrected chi connectivity index (χ0v) is 13.9. The molecular weight excluding hydrogens is 276 g/mol. The molecule has 0 spiro atoms. The van der Waals surface area contributed by atoms with Crippen molar-refractivity contribution in [3.05, 3.63) is 29.8 Å². The average Bonchev–Trinajstić information content (AvgIpc) is 2.51. The molecule has 0 saturated heterocycles. The van der Waals surface area contributed by atoms with E-state index in [2.05, 4.69) is 27.9 Å². The van der Waals surface area contributed by atoms with Crippen LogP contribution in [-0.4, -0.2) is 32.0 Å². The molecule has 0 saturated carbocycles. The second-order valence-electron chi connectivity index (χ2n) is 5.26. The van der Waals surface area contributed by atoms with Gasteiger partial charge >= 0.3 is 0 Å². The fourth-order valence-electron chi connectivity index (χ4n) is 2.09. The van der Waals surface area contributed by atoms with Crippen LogP contribution in [-0.2, 0) is 11.2 Å². The molecule has 0 unspecified atom stereocenters. The third kappa shape index (κ3) is 7.67. The molecule has 1 aromatic carbocycles. The van der Waals surface area contributed by atoms with Gasteiger partial charge in [-0.05, 0) is 30.5 Å². The zero-order valence-electron chi connectivity index (χ0n) is 13.9. The van der Waals surface area contributed by atoms with Crippen molar-refractivity contribution in [2.24, 2.45) is 4.99 Å². The summed E-state index contributed by atoms with van der Waals surface area (Å²) in [5, 5.41) is 9.39. The second kappa shape index (κ2) is 10.7. The molecule has 122 valence electrons. The molecule has 0 bridgehead atoms. The minimum absolute atomic E-state index is 0.0487. The fraction of sp³-hybridized carbons (Fsp3) is 0.529. The van der Waals surface area contributed by atoms with Gasteiger partial charge in [0, 0.05) is 32.7 Å². The molecule has 3 N–H and O–H groups in total. The number of carbonyl (C=O) groups is 1. The van der Waals surface area contributed by atoms with Crippen LogP contribution < -0.4 is 16.0 Å². The number of hydrogen-bond donors (Lipinski definition) is 3. The number of benzene rings is 1. The van der Waals surface area contributed by atoms with E-state index < -0.39 is 0 Å². The van der Waals surface area contributed by atoms with Gasteiger partial charge in [-0.1, -0.05) is 31.9 Å². The predicted molar refractivity (Wildman–Crippen MR) is 93.3 cm³/mol. The van der Waals surface area contributed by atoms with E-state index in [1.54, 1.807) is 7.05 Å². The number of rotatable bonds is 8. The quantitative estimate of drug-likeness (QED) is 0.393. The Balaban J connectivity index is 2.28. The highest BCUT2D eigenvalue weighted by atomic mass is 16.1. The van der Waals surface area contributed by atoms with Gasteiger partial charge in [0.25, 0.3) is 0 Å². The van der Waals surface area contributed by atoms with Crippen LogP contribution in [0.1, 0.15) is 38.7 Å². The van der Waals surface area contributed by atoms with Crippen molar-refractivity contribution in [1.29, 1.82) is 0 Å². The van der Waals surface area contributed by atoms with E-state index in [0.29, 0.717) is 0 Å². The van der Waals surface area contributed by atoms with Crippen molar-refractivity contribution >= 4 is 17.6 Å². The summed E-state index contributed by atoms with van der Waals surface area (Å²) >= 11 is 0. The lowest BCUT2D eigenvalue weighted by molar-refractivity contribution is -0.114. The largest absolute Gasteiger partial charge is 0.356 e. The minimum Gasteiger partial charge on any atom is -0.356 e. The molecule has 1 amide bonds. The molecular formula is C17H28N4O. The van der Waals surface area contributed by atoms with Crippen molar-refractivity contribution in [1.82, 2.24) is 10.6 Å². The highest BCUT2D eigenvalue weighted by Gasteiger charge is 1.99. The highest BCUT2D eigenvalue weighted by Crippen LogP contribution is 2.09. The SMILES string of the molecule is CCCCCNC(=NC)NCCc1ccc(NC(C)=O)cc1. The molecule has 1 rings (SSSR count). The summed E-state index contributed by atoms with van der Waals surface area (Å²) in [4.78, 5) is 15.2. The third-order valence-corrected chi connectivity index (χ3v) is 3.28. The smallest absolute Gasteiger partial charge is 0.221 e. The molecule has 0 aliphatic rings. The molecule has 0 aliphatic carbocycles. The first-order valence-corrected chi connectivity index (χ1v) is 7.96. The van der Waals surface area contributed by atoms with Gasteiger partial charge < -0.3 is 16.0 Å². The van der Waals surface area contributed by atoms with Crippen LogP contribution in [0, 0.1) is 0 Å². The third-order valence-electron chi connectivity index (χ3n) is 3.28. The summed E-state index contributed by atoms with van der Waals surface area (Å²) in [5.74, 6) is 0.804. The first kappa shape index (κ1) is 18.0. The van der Waals surface area contributed by atoms with Crippen molar-refractivity contribution in [3.8, 4) is 0 Å². The van der Waals surface area contributed by atoms with Crippen molar-refractivity contribution < 1.29 is 4.79 Å². The van der Waals surface area contributed by atoms with Crippen LogP contribution in [0.25, 0.3) is 0 Å². The Kier molecular flexibility index (Phi) is 8.72. The number of hydrogen-bond acceptors (Lipinski definition) is 2. The van der Waals surface area contributed by atoms with Gasteiger partial charge in [-0.15, -0.1) is 0 Å². The predicted octanol–water partition coefficient (Wildman–Crippen LogP) is 2.54. The Morgan fingerprint density at radius 1 is 1.09 bits per heavy atom. The number of aliphatic imine (C=N–C) groups is 1. The first-order valence-electron chi connectivity index (χ1n) is 7.96. The van der Waals surface area contributed by atoms with Gasteiger partial charge in [-0.25, -0.2) is 0 Å². The number of guanidine groups is 1. The van der Waals surface area contributed by atoms with E-state index in [9.17, 15) is 4.79 Å². The molecule has 5 nitrogen and oxygen atoms in total. The lowest BCUT2D eigenvalue weighted by Crippen LogP contribution is -2.38. The van der Waals surface area contributed by atoms with Gasteiger partial charge in [0.2, 0.25) is 5.91 Å². The second-order valence-corrected chi connectivity index (χ2v) is 5.26. The van der Waals surface area contributed by atoms with E-state index in [0.717, 1.165) is 31.2 Å². The fourth-order valence-corrected chi connectivity index (χ4v) is 2.09. The standard InChI is InChI=1S/C17H28N4O/c1-4-5-6-12-19-17(18-3)20-13-11-15-7-9-16(10-8-15)21-14(2)22/h7-10H,4-6,11-13H2,1-3H3,(H,21,22)(H2,18,19,20). The van der Waals surface area contributed by atoms with Crippen LogP contribution in [0.4, 0.5) is 5.69 Å². The average molecular weight is 304 g/mol. The van der Waals surface area contributed by atoms with Gasteiger partial charge in [-0.3, -0.25) is 9.79 Å². The molecule has 0 radical (unpaired) electrons. The lowest BCUT2D eigenvalue weighted by Gasteiger charge is -2.12. The van der Waals surface area contributed by atoms with E-state index in [-0.39, 0.29) is 5.91 Å². The number of amides is 1. The Bertz CT molecular complexity index is 468. The molecule has 0 aliphatic heterocycles. The lowest BCUT2D eigenvalue weighted by atomic mass is 10.1. The molecule has 0 fully saturated rings. The van der Waals surface area contributed by atoms with Crippen LogP contribution in [0.2, 0.25) is 0 Å². The summed E-state index contributed by atoms with van der Waals surface area (Å²) in [6.45, 7) is 5.49. The number of unbranched alkanes of at least 4 members (excludes halogenated alkanes) is 2. The Hall–Kier alpha value is -2.04. The summed E-state index contributed by atoms with van der Waals surface area (Å²) in [5.41, 5.74) is 2.06. The maximum atomic E-state index is 11.0. The van der Waals surface area contributed by atoms with Crippen molar-refractivity contribution in [2.45, 2.75) is 39.5 Å². The Morgan fingerprint density at radius 3 is 2.36 bits per heavy atom. The molecule has 0 heterocycles. The summed E-state index contributed by atoms with van der Waals surface area (Å²) in [6, 6.07) is 7.91. The van der Waals surface area contributed by atoms with Crippen LogP contribution in [0.15, 0.2) is 29.3 Å². The maximum absolute atomic E-state index is 11.0. The summed E-state index contributed by atoms with van der Waals surface area (Å²) in [6.07, 6.45) is 4.55. The maximum Gasteiger partial charge on any atom is 0.221 e. The van der Waals surface area contributed by atoms with Crippen molar-refractivity contribution in [3.63, 3.8) is 0 Å². The van der Waals surface area contributed by atoms with Gasteiger partial charge in [0.1, 0.15) is 0 Å². The monoisotopic (exact) mass is 304 g/mol. The summed E-state index contributed by atoms with van der Waals surface area (Å²) in [7, 11) is 1.79. The number of nitrogens with zero attached hydrogens (tertiary/aromatic N) is 1. The normalized spacial score (nSPS) is 11.1. The highest BCUT2D eigenvalue weighted by molar-refractivity contribution is 5.88. The zero-order chi connectivity index (χ0) is 16.2. The number of nitrogens with one attached hydrogen (secondary N) is 3. The topological polar surface area (TPSA) is 65.5 Å². The van der Waals surface area contributed by atoms with Crippen LogP contribution >= 0.6 is 0 Å². The minimum atomic E-state index is -0.0487. The molecule has 5 heteroatoms. The first-order chi connectivity index (χ1) is 10.7. The van der Waals surface area contributed by atoms with Gasteiger partial charge in [0.05, 0.1) is 0 Å². The molecule has 0 atom stereocenters. The molecule has 22 heavy (non-hydrogen) atoms. The van der Waals surface area contributed by atoms with Gasteiger partial charge in [-0.2, -0.15) is 0 Å². The molecule has 0 aromatic heterocycles. The van der Waals surface area contributed by atoms with E-state index in [4.69, 9.17) is 0 Å². The Labute approximate surface area is 133 Å². The number of carbonyl (C=O) groups excluding carboxylic acids is 1. The van der Waals surface area contributed by atoms with E-state index in [1.165, 1.54) is 31.7 Å². The Morgan fingerprint density at radius 2 is 1.77 bits per heavy atom. The van der Waals surface area contributed by atoms with E-state index in [1.807, 2.05) is 24.3 Å². The number of anilines is 1. The van der Waals surface area contributed by atoms with Crippen LogP contribution in [0.3, 0.4) is 0 Å². The summed E-state index contributed by atoms with van der Waals surface area (Å²) < 4.78 is 0. The van der Waals surface area contributed by atoms with Crippen LogP contribution in [0.5, 0.6) is 0 Å².